The molecule has 0 radical (unpaired) electrons. The van der Waals surface area contributed by atoms with Gasteiger partial charge in [0.05, 0.1) is 12.8 Å². The molecule has 4 nitrogen and oxygen atoms in total. The fourth-order valence-corrected chi connectivity index (χ4v) is 3.15. The van der Waals surface area contributed by atoms with Crippen molar-refractivity contribution < 1.29 is 13.9 Å². The summed E-state index contributed by atoms with van der Waals surface area (Å²) >= 11 is 5.99. The van der Waals surface area contributed by atoms with Crippen LogP contribution in [0.3, 0.4) is 0 Å². The minimum Gasteiger partial charge on any atom is -0.497 e. The second kappa shape index (κ2) is 7.89. The molecule has 0 atom stereocenters. The van der Waals surface area contributed by atoms with E-state index in [1.165, 1.54) is 17.0 Å². The van der Waals surface area contributed by atoms with E-state index < -0.39 is 5.82 Å². The molecule has 0 saturated carbocycles. The molecule has 1 amide bonds. The van der Waals surface area contributed by atoms with Crippen molar-refractivity contribution in [3.8, 4) is 5.75 Å². The smallest absolute Gasteiger partial charge is 0.282 e. The molecule has 0 N–H and O–H groups in total. The average Bonchev–Trinajstić information content (AvgIpc) is 3.06. The molecule has 1 aliphatic heterocycles. The summed E-state index contributed by atoms with van der Waals surface area (Å²) in [6.45, 7) is 0. The minimum absolute atomic E-state index is 0.149. The maximum atomic E-state index is 14.1. The number of carbonyl (C=O) groups is 1. The van der Waals surface area contributed by atoms with Crippen LogP contribution in [0.25, 0.3) is 6.08 Å². The molecule has 0 unspecified atom stereocenters. The highest BCUT2D eigenvalue weighted by Gasteiger charge is 2.32. The van der Waals surface area contributed by atoms with Crippen LogP contribution < -0.4 is 9.64 Å². The van der Waals surface area contributed by atoms with Crippen molar-refractivity contribution in [1.82, 2.24) is 0 Å². The van der Waals surface area contributed by atoms with Gasteiger partial charge in [0, 0.05) is 16.1 Å². The van der Waals surface area contributed by atoms with Gasteiger partial charge in [0.25, 0.3) is 5.91 Å². The molecule has 1 aliphatic rings. The number of methoxy groups -OCH3 is 1. The first kappa shape index (κ1) is 18.9. The summed E-state index contributed by atoms with van der Waals surface area (Å²) in [5.74, 6) is 0.377. The van der Waals surface area contributed by atoms with Crippen molar-refractivity contribution >= 4 is 35.1 Å². The molecular weight excluding hydrogens is 391 g/mol. The fraction of sp³-hybridized carbons (Fsp3) is 0.0435. The minimum atomic E-state index is -0.418. The monoisotopic (exact) mass is 406 g/mol. The van der Waals surface area contributed by atoms with Gasteiger partial charge in [0.1, 0.15) is 23.1 Å². The molecule has 6 heteroatoms. The predicted molar refractivity (Wildman–Crippen MR) is 113 cm³/mol. The topological polar surface area (TPSA) is 41.9 Å². The van der Waals surface area contributed by atoms with E-state index in [1.807, 2.05) is 12.1 Å². The Hall–Kier alpha value is -3.44. The molecule has 144 valence electrons. The van der Waals surface area contributed by atoms with Crippen LogP contribution >= 0.6 is 11.6 Å². The number of benzene rings is 3. The summed E-state index contributed by atoms with van der Waals surface area (Å²) in [7, 11) is 1.58. The van der Waals surface area contributed by atoms with E-state index >= 15 is 0 Å². The number of amidine groups is 1. The number of halogens is 2. The Bertz CT molecular complexity index is 1120. The number of carbonyl (C=O) groups excluding carboxylic acids is 1. The number of nitrogens with zero attached hydrogens (tertiary/aromatic N) is 2. The molecule has 0 fully saturated rings. The molecule has 0 aromatic heterocycles. The lowest BCUT2D eigenvalue weighted by Gasteiger charge is -2.18. The second-order valence-corrected chi connectivity index (χ2v) is 6.77. The van der Waals surface area contributed by atoms with Crippen molar-refractivity contribution in [3.63, 3.8) is 0 Å². The zero-order chi connectivity index (χ0) is 20.4. The molecular formula is C23H16ClFN2O2. The van der Waals surface area contributed by atoms with Crippen LogP contribution in [0.1, 0.15) is 11.1 Å². The lowest BCUT2D eigenvalue weighted by Crippen LogP contribution is -2.32. The third kappa shape index (κ3) is 3.77. The van der Waals surface area contributed by atoms with Crippen molar-refractivity contribution in [3.05, 3.63) is 100 Å². The Balaban J connectivity index is 1.82. The highest BCUT2D eigenvalue weighted by molar-refractivity contribution is 6.34. The zero-order valence-electron chi connectivity index (χ0n) is 15.5. The quantitative estimate of drug-likeness (QED) is 0.550. The average molecular weight is 407 g/mol. The van der Waals surface area contributed by atoms with Crippen LogP contribution in [0, 0.1) is 5.82 Å². The molecule has 1 heterocycles. The van der Waals surface area contributed by atoms with Gasteiger partial charge in [-0.05, 0) is 60.7 Å². The van der Waals surface area contributed by atoms with Gasteiger partial charge >= 0.3 is 0 Å². The molecule has 4 rings (SSSR count). The maximum absolute atomic E-state index is 14.1. The van der Waals surface area contributed by atoms with Gasteiger partial charge in [-0.1, -0.05) is 29.8 Å². The molecule has 0 bridgehead atoms. The van der Waals surface area contributed by atoms with Crippen LogP contribution in [0.4, 0.5) is 10.1 Å². The normalized spacial score (nSPS) is 15.0. The van der Waals surface area contributed by atoms with Crippen LogP contribution in [0.2, 0.25) is 5.02 Å². The van der Waals surface area contributed by atoms with E-state index in [2.05, 4.69) is 4.99 Å². The van der Waals surface area contributed by atoms with Gasteiger partial charge in [0.15, 0.2) is 0 Å². The van der Waals surface area contributed by atoms with Gasteiger partial charge in [-0.15, -0.1) is 0 Å². The van der Waals surface area contributed by atoms with Crippen LogP contribution in [-0.2, 0) is 4.79 Å². The van der Waals surface area contributed by atoms with Crippen molar-refractivity contribution in [2.24, 2.45) is 4.99 Å². The van der Waals surface area contributed by atoms with Gasteiger partial charge in [-0.3, -0.25) is 9.69 Å². The van der Waals surface area contributed by atoms with Crippen molar-refractivity contribution in [2.45, 2.75) is 0 Å². The first-order chi connectivity index (χ1) is 14.1. The summed E-state index contributed by atoms with van der Waals surface area (Å²) in [6, 6.07) is 20.4. The van der Waals surface area contributed by atoms with Crippen LogP contribution in [-0.4, -0.2) is 18.9 Å². The van der Waals surface area contributed by atoms with Crippen molar-refractivity contribution in [1.29, 1.82) is 0 Å². The molecule has 29 heavy (non-hydrogen) atoms. The van der Waals surface area contributed by atoms with Gasteiger partial charge in [0.2, 0.25) is 0 Å². The number of rotatable bonds is 4. The third-order valence-corrected chi connectivity index (χ3v) is 4.74. The highest BCUT2D eigenvalue weighted by atomic mass is 35.5. The van der Waals surface area contributed by atoms with Gasteiger partial charge < -0.3 is 4.74 Å². The lowest BCUT2D eigenvalue weighted by molar-refractivity contribution is -0.113. The Morgan fingerprint density at radius 2 is 1.69 bits per heavy atom. The fourth-order valence-electron chi connectivity index (χ4n) is 3.02. The van der Waals surface area contributed by atoms with E-state index in [9.17, 15) is 9.18 Å². The van der Waals surface area contributed by atoms with Crippen LogP contribution in [0.5, 0.6) is 5.75 Å². The summed E-state index contributed by atoms with van der Waals surface area (Å²) in [4.78, 5) is 19.2. The Morgan fingerprint density at radius 3 is 2.34 bits per heavy atom. The summed E-state index contributed by atoms with van der Waals surface area (Å²) in [5.41, 5.74) is 1.79. The molecule has 0 aliphatic carbocycles. The summed E-state index contributed by atoms with van der Waals surface area (Å²) in [6.07, 6.45) is 1.46. The zero-order valence-corrected chi connectivity index (χ0v) is 16.2. The number of hydrogen-bond donors (Lipinski definition) is 0. The Morgan fingerprint density at radius 1 is 1.00 bits per heavy atom. The number of ether oxygens (including phenoxy) is 1. The van der Waals surface area contributed by atoms with E-state index in [-0.39, 0.29) is 11.6 Å². The second-order valence-electron chi connectivity index (χ2n) is 6.33. The van der Waals surface area contributed by atoms with Gasteiger partial charge in [-0.25, -0.2) is 9.38 Å². The largest absolute Gasteiger partial charge is 0.497 e. The number of aliphatic imine (C=N–C) groups is 1. The molecule has 3 aromatic carbocycles. The predicted octanol–water partition coefficient (Wildman–Crippen LogP) is 5.32. The van der Waals surface area contributed by atoms with Gasteiger partial charge in [-0.2, -0.15) is 0 Å². The Labute approximate surface area is 172 Å². The first-order valence-electron chi connectivity index (χ1n) is 8.86. The highest BCUT2D eigenvalue weighted by Crippen LogP contribution is 2.29. The van der Waals surface area contributed by atoms with E-state index in [4.69, 9.17) is 16.3 Å². The first-order valence-corrected chi connectivity index (χ1v) is 9.24. The number of amides is 1. The lowest BCUT2D eigenvalue weighted by atomic mass is 10.1. The summed E-state index contributed by atoms with van der Waals surface area (Å²) in [5, 5.41) is 0.561. The Kier molecular flexibility index (Phi) is 5.14. The maximum Gasteiger partial charge on any atom is 0.282 e. The number of hydrogen-bond acceptors (Lipinski definition) is 3. The molecule has 0 saturated heterocycles. The molecule has 0 spiro atoms. The third-order valence-electron chi connectivity index (χ3n) is 4.49. The van der Waals surface area contributed by atoms with Crippen molar-refractivity contribution in [2.75, 3.05) is 12.0 Å². The SMILES string of the molecule is COc1ccc(C2=N/C(=C/c3ccccc3F)C(=O)N2c2ccc(Cl)cc2)cc1. The van der Waals surface area contributed by atoms with E-state index in [0.717, 1.165) is 5.56 Å². The summed E-state index contributed by atoms with van der Waals surface area (Å²) < 4.78 is 19.3. The van der Waals surface area contributed by atoms with Crippen LogP contribution in [0.15, 0.2) is 83.5 Å². The van der Waals surface area contributed by atoms with E-state index in [0.29, 0.717) is 27.9 Å². The number of anilines is 1. The standard InChI is InChI=1S/C23H16ClFN2O2/c1-29-19-12-6-15(7-13-19)22-26-21(14-16-4-2-3-5-20(16)25)23(28)27(22)18-10-8-17(24)9-11-18/h2-14H,1H3/b21-14+. The van der Waals surface area contributed by atoms with E-state index in [1.54, 1.807) is 61.7 Å². The molecule has 3 aromatic rings.